The van der Waals surface area contributed by atoms with Gasteiger partial charge in [-0.15, -0.1) is 11.6 Å². The molecule has 4 heteroatoms. The summed E-state index contributed by atoms with van der Waals surface area (Å²) in [4.78, 5) is 17.2. The van der Waals surface area contributed by atoms with E-state index in [2.05, 4.69) is 11.9 Å². The molecule has 3 nitrogen and oxygen atoms in total. The molecular formula is C15H19ClN2O. The lowest BCUT2D eigenvalue weighted by molar-refractivity contribution is 0.464. The van der Waals surface area contributed by atoms with E-state index in [9.17, 15) is 4.79 Å². The molecule has 1 aromatic heterocycles. The average molecular weight is 279 g/mol. The molecule has 0 saturated heterocycles. The number of aromatic nitrogens is 2. The van der Waals surface area contributed by atoms with Gasteiger partial charge in [-0.3, -0.25) is 9.36 Å². The highest BCUT2D eigenvalue weighted by Gasteiger charge is 2.18. The summed E-state index contributed by atoms with van der Waals surface area (Å²) in [7, 11) is 0. The molecule has 1 aromatic carbocycles. The third-order valence-electron chi connectivity index (χ3n) is 3.34. The summed E-state index contributed by atoms with van der Waals surface area (Å²) in [6.45, 7) is 6.01. The van der Waals surface area contributed by atoms with Crippen LogP contribution in [-0.2, 0) is 0 Å². The second-order valence-corrected chi connectivity index (χ2v) is 5.57. The third kappa shape index (κ3) is 2.66. The van der Waals surface area contributed by atoms with Crippen molar-refractivity contribution in [3.63, 3.8) is 0 Å². The van der Waals surface area contributed by atoms with Crippen molar-refractivity contribution in [1.82, 2.24) is 9.55 Å². The molecule has 0 saturated carbocycles. The van der Waals surface area contributed by atoms with E-state index in [1.807, 2.05) is 38.1 Å². The van der Waals surface area contributed by atoms with Gasteiger partial charge in [0, 0.05) is 6.04 Å². The van der Waals surface area contributed by atoms with Gasteiger partial charge >= 0.3 is 0 Å². The van der Waals surface area contributed by atoms with Gasteiger partial charge in [0.05, 0.1) is 16.3 Å². The minimum Gasteiger partial charge on any atom is -0.292 e. The summed E-state index contributed by atoms with van der Waals surface area (Å²) >= 11 is 6.20. The van der Waals surface area contributed by atoms with Crippen LogP contribution in [0.5, 0.6) is 0 Å². The Morgan fingerprint density at radius 2 is 2.00 bits per heavy atom. The minimum atomic E-state index is -0.281. The van der Waals surface area contributed by atoms with Crippen LogP contribution < -0.4 is 5.56 Å². The van der Waals surface area contributed by atoms with Gasteiger partial charge < -0.3 is 0 Å². The van der Waals surface area contributed by atoms with Gasteiger partial charge in [-0.25, -0.2) is 4.98 Å². The van der Waals surface area contributed by atoms with Crippen molar-refractivity contribution >= 4 is 22.5 Å². The molecule has 0 radical (unpaired) electrons. The van der Waals surface area contributed by atoms with E-state index in [-0.39, 0.29) is 17.0 Å². The summed E-state index contributed by atoms with van der Waals surface area (Å²) in [6, 6.07) is 7.55. The van der Waals surface area contributed by atoms with Crippen molar-refractivity contribution in [1.29, 1.82) is 0 Å². The smallest absolute Gasteiger partial charge is 0.261 e. The Morgan fingerprint density at radius 3 is 2.63 bits per heavy atom. The van der Waals surface area contributed by atoms with Crippen LogP contribution in [0, 0.1) is 0 Å². The molecule has 0 amide bonds. The van der Waals surface area contributed by atoms with Crippen LogP contribution in [-0.4, -0.2) is 9.55 Å². The maximum absolute atomic E-state index is 12.6. The zero-order chi connectivity index (χ0) is 14.0. The number of hydrogen-bond acceptors (Lipinski definition) is 2. The van der Waals surface area contributed by atoms with Gasteiger partial charge in [-0.1, -0.05) is 25.5 Å². The normalized spacial score (nSPS) is 14.5. The van der Waals surface area contributed by atoms with Crippen molar-refractivity contribution in [3.05, 3.63) is 40.4 Å². The molecule has 0 spiro atoms. The predicted molar refractivity (Wildman–Crippen MR) is 79.9 cm³/mol. The monoisotopic (exact) mass is 278 g/mol. The van der Waals surface area contributed by atoms with E-state index in [0.29, 0.717) is 11.2 Å². The molecule has 0 N–H and O–H groups in total. The number of benzene rings is 1. The lowest BCUT2D eigenvalue weighted by Crippen LogP contribution is -2.28. The highest BCUT2D eigenvalue weighted by molar-refractivity contribution is 6.20. The summed E-state index contributed by atoms with van der Waals surface area (Å²) < 4.78 is 1.75. The van der Waals surface area contributed by atoms with Gasteiger partial charge in [0.15, 0.2) is 0 Å². The Labute approximate surface area is 118 Å². The standard InChI is InChI=1S/C15H19ClN2O/c1-4-7-10(2)18-14(11(3)16)17-13-9-6-5-8-12(13)15(18)19/h5-6,8-11H,4,7H2,1-3H3. The van der Waals surface area contributed by atoms with Crippen molar-refractivity contribution in [2.24, 2.45) is 0 Å². The number of rotatable bonds is 4. The van der Waals surface area contributed by atoms with E-state index >= 15 is 0 Å². The van der Waals surface area contributed by atoms with Crippen LogP contribution in [0.1, 0.15) is 50.9 Å². The van der Waals surface area contributed by atoms with Crippen molar-refractivity contribution in [2.45, 2.75) is 45.0 Å². The van der Waals surface area contributed by atoms with Gasteiger partial charge in [0.2, 0.25) is 0 Å². The van der Waals surface area contributed by atoms with Crippen molar-refractivity contribution in [2.75, 3.05) is 0 Å². The fourth-order valence-corrected chi connectivity index (χ4v) is 2.57. The number of halogens is 1. The van der Waals surface area contributed by atoms with Gasteiger partial charge in [0.1, 0.15) is 5.82 Å². The number of hydrogen-bond donors (Lipinski definition) is 0. The lowest BCUT2D eigenvalue weighted by Gasteiger charge is -2.20. The Kier molecular flexibility index (Phi) is 4.25. The van der Waals surface area contributed by atoms with E-state index in [0.717, 1.165) is 18.4 Å². The van der Waals surface area contributed by atoms with Crippen LogP contribution in [0.4, 0.5) is 0 Å². The molecule has 2 atom stereocenters. The zero-order valence-corrected chi connectivity index (χ0v) is 12.3. The molecule has 2 unspecified atom stereocenters. The Bertz CT molecular complexity index is 634. The quantitative estimate of drug-likeness (QED) is 0.791. The SMILES string of the molecule is CCCC(C)n1c(C(C)Cl)nc2ccccc2c1=O. The molecule has 0 aliphatic heterocycles. The average Bonchev–Trinajstić information content (AvgIpc) is 2.38. The molecule has 102 valence electrons. The molecule has 0 fully saturated rings. The Balaban J connectivity index is 2.75. The summed E-state index contributed by atoms with van der Waals surface area (Å²) in [5.41, 5.74) is 0.726. The van der Waals surface area contributed by atoms with Crippen LogP contribution in [0.25, 0.3) is 10.9 Å². The first-order valence-electron chi connectivity index (χ1n) is 6.71. The molecular weight excluding hydrogens is 260 g/mol. The molecule has 0 aliphatic rings. The first kappa shape index (κ1) is 14.1. The van der Waals surface area contributed by atoms with Crippen LogP contribution in [0.2, 0.25) is 0 Å². The highest BCUT2D eigenvalue weighted by Crippen LogP contribution is 2.23. The number of alkyl halides is 1. The number of nitrogens with zero attached hydrogens (tertiary/aromatic N) is 2. The van der Waals surface area contributed by atoms with Crippen LogP contribution >= 0.6 is 11.6 Å². The lowest BCUT2D eigenvalue weighted by atomic mass is 10.1. The zero-order valence-electron chi connectivity index (χ0n) is 11.6. The maximum atomic E-state index is 12.6. The van der Waals surface area contributed by atoms with Crippen molar-refractivity contribution < 1.29 is 0 Å². The second kappa shape index (κ2) is 5.74. The highest BCUT2D eigenvalue weighted by atomic mass is 35.5. The molecule has 0 aliphatic carbocycles. The summed E-state index contributed by atoms with van der Waals surface area (Å²) in [5.74, 6) is 0.659. The van der Waals surface area contributed by atoms with Gasteiger partial charge in [-0.2, -0.15) is 0 Å². The fraction of sp³-hybridized carbons (Fsp3) is 0.467. The maximum Gasteiger partial charge on any atom is 0.261 e. The summed E-state index contributed by atoms with van der Waals surface area (Å²) in [5, 5.41) is 0.378. The van der Waals surface area contributed by atoms with E-state index in [4.69, 9.17) is 11.6 Å². The number of para-hydroxylation sites is 1. The van der Waals surface area contributed by atoms with E-state index in [1.54, 1.807) is 4.57 Å². The molecule has 1 heterocycles. The van der Waals surface area contributed by atoms with Crippen LogP contribution in [0.3, 0.4) is 0 Å². The Morgan fingerprint density at radius 1 is 1.32 bits per heavy atom. The van der Waals surface area contributed by atoms with Gasteiger partial charge in [0.25, 0.3) is 5.56 Å². The largest absolute Gasteiger partial charge is 0.292 e. The van der Waals surface area contributed by atoms with Crippen molar-refractivity contribution in [3.8, 4) is 0 Å². The van der Waals surface area contributed by atoms with E-state index < -0.39 is 0 Å². The molecule has 2 aromatic rings. The molecule has 0 bridgehead atoms. The first-order chi connectivity index (χ1) is 9.06. The Hall–Kier alpha value is -1.35. The van der Waals surface area contributed by atoms with Crippen LogP contribution in [0.15, 0.2) is 29.1 Å². The molecule has 2 rings (SSSR count). The second-order valence-electron chi connectivity index (χ2n) is 4.92. The summed E-state index contributed by atoms with van der Waals surface area (Å²) in [6.07, 6.45) is 1.97. The third-order valence-corrected chi connectivity index (χ3v) is 3.53. The first-order valence-corrected chi connectivity index (χ1v) is 7.15. The minimum absolute atomic E-state index is 0.00838. The fourth-order valence-electron chi connectivity index (χ4n) is 2.42. The molecule has 19 heavy (non-hydrogen) atoms. The topological polar surface area (TPSA) is 34.9 Å². The number of fused-ring (bicyclic) bond motifs is 1. The van der Waals surface area contributed by atoms with Gasteiger partial charge in [-0.05, 0) is 32.4 Å². The predicted octanol–water partition coefficient (Wildman–Crippen LogP) is 4.06. The van der Waals surface area contributed by atoms with E-state index in [1.165, 1.54) is 0 Å².